The number of anilines is 1. The summed E-state index contributed by atoms with van der Waals surface area (Å²) in [5.41, 5.74) is 1.41. The van der Waals surface area contributed by atoms with Crippen LogP contribution >= 0.6 is 0 Å². The van der Waals surface area contributed by atoms with Crippen LogP contribution in [0.2, 0.25) is 0 Å². The molecule has 20 heavy (non-hydrogen) atoms. The molecule has 0 spiro atoms. The fraction of sp³-hybridized carbons (Fsp3) is 0.214. The molecule has 2 aromatic rings. The Balaban J connectivity index is 2.13. The molecule has 104 valence electrons. The smallest absolute Gasteiger partial charge is 0.339 e. The van der Waals surface area contributed by atoms with Crippen molar-refractivity contribution in [2.24, 2.45) is 0 Å². The number of aromatic nitrogens is 2. The van der Waals surface area contributed by atoms with Crippen molar-refractivity contribution in [3.8, 4) is 5.75 Å². The van der Waals surface area contributed by atoms with Gasteiger partial charge in [0.05, 0.1) is 5.69 Å². The van der Waals surface area contributed by atoms with E-state index in [1.54, 1.807) is 0 Å². The highest BCUT2D eigenvalue weighted by atomic mass is 16.5. The van der Waals surface area contributed by atoms with Crippen LogP contribution in [0.5, 0.6) is 5.75 Å². The van der Waals surface area contributed by atoms with Gasteiger partial charge < -0.3 is 14.7 Å². The fourth-order valence-electron chi connectivity index (χ4n) is 1.65. The van der Waals surface area contributed by atoms with Crippen molar-refractivity contribution < 1.29 is 14.6 Å². The van der Waals surface area contributed by atoms with Crippen molar-refractivity contribution in [3.63, 3.8) is 0 Å². The minimum atomic E-state index is -1.06. The van der Waals surface area contributed by atoms with E-state index in [1.807, 2.05) is 43.3 Å². The van der Waals surface area contributed by atoms with Gasteiger partial charge in [0.15, 0.2) is 0 Å². The zero-order chi connectivity index (χ0) is 14.5. The Bertz CT molecular complexity index is 614. The van der Waals surface area contributed by atoms with Crippen LogP contribution in [0.25, 0.3) is 0 Å². The topological polar surface area (TPSA) is 75.5 Å². The van der Waals surface area contributed by atoms with Crippen molar-refractivity contribution in [2.45, 2.75) is 6.61 Å². The summed E-state index contributed by atoms with van der Waals surface area (Å²) < 4.78 is 5.59. The Kier molecular flexibility index (Phi) is 4.14. The molecule has 0 unspecified atom stereocenters. The number of carboxylic acids is 1. The number of carboxylic acid groups (broad SMARTS) is 1. The van der Waals surface area contributed by atoms with Gasteiger partial charge in [-0.15, -0.1) is 0 Å². The molecular weight excluding hydrogens is 258 g/mol. The molecule has 1 heterocycles. The average molecular weight is 273 g/mol. The van der Waals surface area contributed by atoms with Crippen LogP contribution in [-0.4, -0.2) is 35.1 Å². The maximum absolute atomic E-state index is 11.0. The molecule has 0 aliphatic rings. The van der Waals surface area contributed by atoms with Crippen LogP contribution in [0, 0.1) is 0 Å². The average Bonchev–Trinajstić information content (AvgIpc) is 2.45. The highest BCUT2D eigenvalue weighted by molar-refractivity contribution is 5.88. The van der Waals surface area contributed by atoms with E-state index in [1.165, 1.54) is 12.5 Å². The number of hydrogen-bond donors (Lipinski definition) is 1. The molecule has 1 aromatic heterocycles. The molecule has 0 atom stereocenters. The Morgan fingerprint density at radius 2 is 2.20 bits per heavy atom. The van der Waals surface area contributed by atoms with Crippen LogP contribution in [-0.2, 0) is 6.61 Å². The molecule has 0 aliphatic heterocycles. The van der Waals surface area contributed by atoms with Gasteiger partial charge in [-0.25, -0.2) is 14.8 Å². The second-order valence-electron chi connectivity index (χ2n) is 4.37. The van der Waals surface area contributed by atoms with Crippen LogP contribution < -0.4 is 9.64 Å². The van der Waals surface area contributed by atoms with Gasteiger partial charge >= 0.3 is 5.97 Å². The first-order valence-electron chi connectivity index (χ1n) is 6.00. The fourth-order valence-corrected chi connectivity index (χ4v) is 1.65. The van der Waals surface area contributed by atoms with Gasteiger partial charge in [-0.1, -0.05) is 6.07 Å². The number of hydrogen-bond acceptors (Lipinski definition) is 5. The van der Waals surface area contributed by atoms with Crippen LogP contribution in [0.4, 0.5) is 5.69 Å². The van der Waals surface area contributed by atoms with E-state index >= 15 is 0 Å². The van der Waals surface area contributed by atoms with Crippen molar-refractivity contribution in [2.75, 3.05) is 19.0 Å². The molecule has 0 aliphatic carbocycles. The van der Waals surface area contributed by atoms with E-state index in [0.717, 1.165) is 5.69 Å². The van der Waals surface area contributed by atoms with E-state index in [0.29, 0.717) is 11.4 Å². The van der Waals surface area contributed by atoms with Crippen LogP contribution in [0.1, 0.15) is 16.1 Å². The summed E-state index contributed by atoms with van der Waals surface area (Å²) in [5.74, 6) is -0.405. The maximum atomic E-state index is 11.0. The number of nitrogens with zero attached hydrogens (tertiary/aromatic N) is 3. The summed E-state index contributed by atoms with van der Waals surface area (Å²) in [4.78, 5) is 20.6. The van der Waals surface area contributed by atoms with Gasteiger partial charge in [0.25, 0.3) is 0 Å². The monoisotopic (exact) mass is 273 g/mol. The molecule has 1 N–H and O–H groups in total. The third-order valence-corrected chi connectivity index (χ3v) is 2.73. The van der Waals surface area contributed by atoms with Gasteiger partial charge in [-0.2, -0.15) is 0 Å². The SMILES string of the molecule is CN(C)c1cccc(OCc2ncncc2C(=O)O)c1. The zero-order valence-electron chi connectivity index (χ0n) is 11.3. The lowest BCUT2D eigenvalue weighted by Crippen LogP contribution is -2.10. The van der Waals surface area contributed by atoms with Gasteiger partial charge in [0, 0.05) is 32.0 Å². The van der Waals surface area contributed by atoms with Crippen molar-refractivity contribution >= 4 is 11.7 Å². The second kappa shape index (κ2) is 6.01. The molecule has 0 amide bonds. The summed E-state index contributed by atoms with van der Waals surface area (Å²) in [7, 11) is 3.87. The molecule has 0 saturated heterocycles. The predicted molar refractivity (Wildman–Crippen MR) is 74.1 cm³/mol. The Morgan fingerprint density at radius 3 is 2.90 bits per heavy atom. The van der Waals surface area contributed by atoms with Crippen LogP contribution in [0.15, 0.2) is 36.8 Å². The molecule has 0 bridgehead atoms. The summed E-state index contributed by atoms with van der Waals surface area (Å²) in [6.45, 7) is 0.0844. The summed E-state index contributed by atoms with van der Waals surface area (Å²) in [6, 6.07) is 7.53. The van der Waals surface area contributed by atoms with E-state index in [9.17, 15) is 4.79 Å². The number of aromatic carboxylic acids is 1. The Hall–Kier alpha value is -2.63. The third kappa shape index (κ3) is 3.23. The van der Waals surface area contributed by atoms with E-state index in [-0.39, 0.29) is 12.2 Å². The first-order chi connectivity index (χ1) is 9.58. The van der Waals surface area contributed by atoms with Crippen molar-refractivity contribution in [1.82, 2.24) is 9.97 Å². The number of carbonyl (C=O) groups is 1. The Morgan fingerprint density at radius 1 is 1.40 bits per heavy atom. The molecule has 6 heteroatoms. The normalized spacial score (nSPS) is 10.1. The van der Waals surface area contributed by atoms with Crippen molar-refractivity contribution in [1.29, 1.82) is 0 Å². The van der Waals surface area contributed by atoms with Crippen LogP contribution in [0.3, 0.4) is 0 Å². The molecule has 1 aromatic carbocycles. The number of benzene rings is 1. The van der Waals surface area contributed by atoms with Gasteiger partial charge in [0.1, 0.15) is 24.2 Å². The van der Waals surface area contributed by atoms with Gasteiger partial charge in [-0.05, 0) is 12.1 Å². The molecule has 0 saturated carbocycles. The zero-order valence-corrected chi connectivity index (χ0v) is 11.3. The van der Waals surface area contributed by atoms with Gasteiger partial charge in [-0.3, -0.25) is 0 Å². The Labute approximate surface area is 116 Å². The predicted octanol–water partition coefficient (Wildman–Crippen LogP) is 1.82. The minimum Gasteiger partial charge on any atom is -0.487 e. The largest absolute Gasteiger partial charge is 0.487 e. The van der Waals surface area contributed by atoms with E-state index in [4.69, 9.17) is 9.84 Å². The van der Waals surface area contributed by atoms with E-state index in [2.05, 4.69) is 9.97 Å². The summed E-state index contributed by atoms with van der Waals surface area (Å²) in [5, 5.41) is 9.04. The lowest BCUT2D eigenvalue weighted by molar-refractivity contribution is 0.0692. The first-order valence-corrected chi connectivity index (χ1v) is 6.00. The molecule has 2 rings (SSSR count). The molecule has 0 fully saturated rings. The lowest BCUT2D eigenvalue weighted by atomic mass is 10.2. The summed E-state index contributed by atoms with van der Waals surface area (Å²) >= 11 is 0. The second-order valence-corrected chi connectivity index (χ2v) is 4.37. The number of rotatable bonds is 5. The first kappa shape index (κ1) is 13.8. The quantitative estimate of drug-likeness (QED) is 0.895. The third-order valence-electron chi connectivity index (χ3n) is 2.73. The molecule has 6 nitrogen and oxygen atoms in total. The highest BCUT2D eigenvalue weighted by Crippen LogP contribution is 2.20. The minimum absolute atomic E-state index is 0.0521. The standard InChI is InChI=1S/C14H15N3O3/c1-17(2)10-4-3-5-11(6-10)20-8-13-12(14(18)19)7-15-9-16-13/h3-7,9H,8H2,1-2H3,(H,18,19). The van der Waals surface area contributed by atoms with E-state index < -0.39 is 5.97 Å². The summed E-state index contributed by atoms with van der Waals surface area (Å²) in [6.07, 6.45) is 2.58. The van der Waals surface area contributed by atoms with Crippen molar-refractivity contribution in [3.05, 3.63) is 48.0 Å². The number of ether oxygens (including phenoxy) is 1. The molecular formula is C14H15N3O3. The molecule has 0 radical (unpaired) electrons. The van der Waals surface area contributed by atoms with Gasteiger partial charge in [0.2, 0.25) is 0 Å². The lowest BCUT2D eigenvalue weighted by Gasteiger charge is -2.14. The highest BCUT2D eigenvalue weighted by Gasteiger charge is 2.11. The maximum Gasteiger partial charge on any atom is 0.339 e.